The molecule has 0 unspecified atom stereocenters. The number of hydrogen-bond donors (Lipinski definition) is 1. The molecule has 1 nitrogen and oxygen atoms in total. The van der Waals surface area contributed by atoms with Crippen LogP contribution in [0.2, 0.25) is 0 Å². The van der Waals surface area contributed by atoms with Crippen LogP contribution in [0, 0.1) is 5.41 Å². The Labute approximate surface area is 100 Å². The third-order valence-electron chi connectivity index (χ3n) is 3.49. The quantitative estimate of drug-likeness (QED) is 0.868. The minimum atomic E-state index is 0.613. The lowest BCUT2D eigenvalue weighted by molar-refractivity contribution is 0.436. The van der Waals surface area contributed by atoms with Crippen LogP contribution in [0.3, 0.4) is 0 Å². The summed E-state index contributed by atoms with van der Waals surface area (Å²) in [7, 11) is 0. The molecular formula is C13H18BrN. The van der Waals surface area contributed by atoms with Crippen molar-refractivity contribution < 1.29 is 0 Å². The molecule has 2 N–H and O–H groups in total. The monoisotopic (exact) mass is 267 g/mol. The molecule has 1 aliphatic carbocycles. The molecule has 0 aromatic heterocycles. The van der Waals surface area contributed by atoms with Gasteiger partial charge in [0.05, 0.1) is 0 Å². The fourth-order valence-electron chi connectivity index (χ4n) is 2.17. The first-order valence-electron chi connectivity index (χ1n) is 5.69. The lowest BCUT2D eigenvalue weighted by atomic mass is 9.94. The first-order valence-corrected chi connectivity index (χ1v) is 6.48. The number of hydrogen-bond acceptors (Lipinski definition) is 1. The number of aryl methyl sites for hydroxylation is 1. The zero-order chi connectivity index (χ0) is 10.7. The van der Waals surface area contributed by atoms with Crippen LogP contribution in [0.1, 0.15) is 31.2 Å². The molecule has 2 rings (SSSR count). The topological polar surface area (TPSA) is 26.0 Å². The van der Waals surface area contributed by atoms with Crippen molar-refractivity contribution in [2.24, 2.45) is 11.1 Å². The summed E-state index contributed by atoms with van der Waals surface area (Å²) in [5.74, 6) is 0. The molecule has 1 saturated carbocycles. The molecule has 1 aliphatic rings. The van der Waals surface area contributed by atoms with E-state index in [1.54, 1.807) is 0 Å². The Morgan fingerprint density at radius 2 is 1.80 bits per heavy atom. The van der Waals surface area contributed by atoms with Crippen LogP contribution in [-0.2, 0) is 6.42 Å². The van der Waals surface area contributed by atoms with Crippen LogP contribution in [-0.4, -0.2) is 6.54 Å². The largest absolute Gasteiger partial charge is 0.330 e. The van der Waals surface area contributed by atoms with Gasteiger partial charge in [0.25, 0.3) is 0 Å². The summed E-state index contributed by atoms with van der Waals surface area (Å²) < 4.78 is 1.16. The van der Waals surface area contributed by atoms with Gasteiger partial charge in [0.15, 0.2) is 0 Å². The second-order valence-electron chi connectivity index (χ2n) is 4.67. The molecule has 0 atom stereocenters. The number of halogens is 1. The average molecular weight is 268 g/mol. The molecule has 1 aromatic rings. The van der Waals surface area contributed by atoms with Crippen molar-refractivity contribution in [3.05, 3.63) is 34.3 Å². The standard InChI is InChI=1S/C13H18BrN/c14-12-3-1-11(2-4-12)5-6-13(7-8-13)9-10-15/h1-4H,5-10,15H2. The molecule has 0 radical (unpaired) electrons. The molecule has 1 fully saturated rings. The second-order valence-corrected chi connectivity index (χ2v) is 5.58. The van der Waals surface area contributed by atoms with Crippen molar-refractivity contribution in [2.75, 3.05) is 6.54 Å². The first-order chi connectivity index (χ1) is 7.24. The summed E-state index contributed by atoms with van der Waals surface area (Å²) in [5, 5.41) is 0. The van der Waals surface area contributed by atoms with Crippen LogP contribution in [0.25, 0.3) is 0 Å². The van der Waals surface area contributed by atoms with Gasteiger partial charge in [-0.05, 0) is 61.8 Å². The highest BCUT2D eigenvalue weighted by Gasteiger charge is 2.40. The predicted octanol–water partition coefficient (Wildman–Crippen LogP) is 3.51. The lowest BCUT2D eigenvalue weighted by Crippen LogP contribution is -2.10. The molecule has 2 heteroatoms. The zero-order valence-corrected chi connectivity index (χ0v) is 10.6. The lowest BCUT2D eigenvalue weighted by Gasteiger charge is -2.13. The molecule has 15 heavy (non-hydrogen) atoms. The summed E-state index contributed by atoms with van der Waals surface area (Å²) in [5.41, 5.74) is 7.70. The molecule has 0 saturated heterocycles. The SMILES string of the molecule is NCCC1(CCc2ccc(Br)cc2)CC1. The zero-order valence-electron chi connectivity index (χ0n) is 9.01. The molecular weight excluding hydrogens is 250 g/mol. The van der Waals surface area contributed by atoms with E-state index in [0.717, 1.165) is 11.0 Å². The van der Waals surface area contributed by atoms with Crippen LogP contribution in [0.5, 0.6) is 0 Å². The Bertz CT molecular complexity index is 314. The Hall–Kier alpha value is -0.340. The van der Waals surface area contributed by atoms with Gasteiger partial charge in [-0.3, -0.25) is 0 Å². The van der Waals surface area contributed by atoms with Gasteiger partial charge >= 0.3 is 0 Å². The van der Waals surface area contributed by atoms with Crippen molar-refractivity contribution in [1.82, 2.24) is 0 Å². The normalized spacial score (nSPS) is 17.7. The van der Waals surface area contributed by atoms with Gasteiger partial charge < -0.3 is 5.73 Å². The van der Waals surface area contributed by atoms with E-state index in [9.17, 15) is 0 Å². The van der Waals surface area contributed by atoms with Gasteiger partial charge in [-0.1, -0.05) is 28.1 Å². The number of benzene rings is 1. The molecule has 0 amide bonds. The van der Waals surface area contributed by atoms with E-state index in [-0.39, 0.29) is 0 Å². The maximum atomic E-state index is 5.64. The second kappa shape index (κ2) is 4.67. The molecule has 0 spiro atoms. The summed E-state index contributed by atoms with van der Waals surface area (Å²) in [6.07, 6.45) is 6.50. The Morgan fingerprint density at radius 1 is 1.13 bits per heavy atom. The van der Waals surface area contributed by atoms with Gasteiger partial charge in [-0.2, -0.15) is 0 Å². The van der Waals surface area contributed by atoms with Gasteiger partial charge in [0.1, 0.15) is 0 Å². The van der Waals surface area contributed by atoms with E-state index < -0.39 is 0 Å². The van der Waals surface area contributed by atoms with Gasteiger partial charge in [-0.25, -0.2) is 0 Å². The fraction of sp³-hybridized carbons (Fsp3) is 0.538. The number of rotatable bonds is 5. The van der Waals surface area contributed by atoms with Crippen LogP contribution in [0.15, 0.2) is 28.7 Å². The third kappa shape index (κ3) is 3.05. The van der Waals surface area contributed by atoms with Gasteiger partial charge in [0.2, 0.25) is 0 Å². The summed E-state index contributed by atoms with van der Waals surface area (Å²) >= 11 is 3.46. The van der Waals surface area contributed by atoms with E-state index in [4.69, 9.17) is 5.73 Å². The average Bonchev–Trinajstić information content (AvgIpc) is 2.99. The van der Waals surface area contributed by atoms with Crippen molar-refractivity contribution in [3.63, 3.8) is 0 Å². The predicted molar refractivity (Wildman–Crippen MR) is 67.8 cm³/mol. The van der Waals surface area contributed by atoms with Gasteiger partial charge in [-0.15, -0.1) is 0 Å². The third-order valence-corrected chi connectivity index (χ3v) is 4.02. The Kier molecular flexibility index (Phi) is 3.47. The fourth-order valence-corrected chi connectivity index (χ4v) is 2.43. The maximum Gasteiger partial charge on any atom is 0.0175 e. The maximum absolute atomic E-state index is 5.64. The Balaban J connectivity index is 1.85. The highest BCUT2D eigenvalue weighted by molar-refractivity contribution is 9.10. The van der Waals surface area contributed by atoms with E-state index in [2.05, 4.69) is 40.2 Å². The minimum absolute atomic E-state index is 0.613. The van der Waals surface area contributed by atoms with E-state index >= 15 is 0 Å². The highest BCUT2D eigenvalue weighted by Crippen LogP contribution is 2.52. The molecule has 0 bridgehead atoms. The first kappa shape index (κ1) is 11.2. The van der Waals surface area contributed by atoms with E-state index in [1.807, 2.05) is 0 Å². The van der Waals surface area contributed by atoms with E-state index in [0.29, 0.717) is 5.41 Å². The Morgan fingerprint density at radius 3 is 2.33 bits per heavy atom. The van der Waals surface area contributed by atoms with Crippen LogP contribution < -0.4 is 5.73 Å². The van der Waals surface area contributed by atoms with Gasteiger partial charge in [0, 0.05) is 4.47 Å². The summed E-state index contributed by atoms with van der Waals surface area (Å²) in [6, 6.07) is 8.67. The smallest absolute Gasteiger partial charge is 0.0175 e. The molecule has 0 aliphatic heterocycles. The van der Waals surface area contributed by atoms with E-state index in [1.165, 1.54) is 37.7 Å². The van der Waals surface area contributed by atoms with Crippen molar-refractivity contribution in [1.29, 1.82) is 0 Å². The molecule has 1 aromatic carbocycles. The highest BCUT2D eigenvalue weighted by atomic mass is 79.9. The van der Waals surface area contributed by atoms with Crippen molar-refractivity contribution >= 4 is 15.9 Å². The minimum Gasteiger partial charge on any atom is -0.330 e. The molecule has 0 heterocycles. The van der Waals surface area contributed by atoms with Crippen LogP contribution in [0.4, 0.5) is 0 Å². The van der Waals surface area contributed by atoms with Crippen molar-refractivity contribution in [2.45, 2.75) is 32.1 Å². The van der Waals surface area contributed by atoms with Crippen LogP contribution >= 0.6 is 15.9 Å². The van der Waals surface area contributed by atoms with Crippen molar-refractivity contribution in [3.8, 4) is 0 Å². The molecule has 82 valence electrons. The summed E-state index contributed by atoms with van der Waals surface area (Å²) in [6.45, 7) is 0.848. The summed E-state index contributed by atoms with van der Waals surface area (Å²) in [4.78, 5) is 0. The number of nitrogens with two attached hydrogens (primary N) is 1.